The average molecular weight is 236 g/mol. The predicted molar refractivity (Wildman–Crippen MR) is 53.1 cm³/mol. The molecule has 0 aliphatic carbocycles. The van der Waals surface area contributed by atoms with E-state index in [1.54, 1.807) is 0 Å². The van der Waals surface area contributed by atoms with Crippen molar-refractivity contribution in [1.82, 2.24) is 0 Å². The van der Waals surface area contributed by atoms with Crippen molar-refractivity contribution in [2.45, 2.75) is 13.3 Å². The molecule has 0 aromatic heterocycles. The third-order valence-electron chi connectivity index (χ3n) is 1.74. The fourth-order valence-corrected chi connectivity index (χ4v) is 1.00. The van der Waals surface area contributed by atoms with E-state index in [1.165, 1.54) is 0 Å². The monoisotopic (exact) mass is 236 g/mol. The minimum absolute atomic E-state index is 0. The van der Waals surface area contributed by atoms with Crippen LogP contribution >= 0.6 is 0 Å². The number of carbonyl (C=O) groups is 1. The van der Waals surface area contributed by atoms with Crippen LogP contribution in [0, 0.1) is 0 Å². The molecule has 0 saturated heterocycles. The maximum atomic E-state index is 11.3. The molecule has 0 fully saturated rings. The molecule has 0 spiro atoms. The SMILES string of the molecule is CCCOC(=O)c1cc(O)c(O)c(O)c1.[H-].[Na+]. The van der Waals surface area contributed by atoms with Crippen LogP contribution in [0.15, 0.2) is 12.1 Å². The first-order valence-corrected chi connectivity index (χ1v) is 4.48. The van der Waals surface area contributed by atoms with Gasteiger partial charge >= 0.3 is 35.5 Å². The number of hydrogen-bond acceptors (Lipinski definition) is 5. The van der Waals surface area contributed by atoms with Crippen molar-refractivity contribution in [3.05, 3.63) is 17.7 Å². The number of rotatable bonds is 3. The van der Waals surface area contributed by atoms with Gasteiger partial charge in [-0.25, -0.2) is 4.79 Å². The molecule has 0 bridgehead atoms. The molecule has 0 amide bonds. The zero-order valence-corrected chi connectivity index (χ0v) is 11.2. The third-order valence-corrected chi connectivity index (χ3v) is 1.74. The van der Waals surface area contributed by atoms with Gasteiger partial charge in [0.25, 0.3) is 0 Å². The number of phenols is 3. The normalized spacial score (nSPS) is 9.31. The molecule has 0 unspecified atom stereocenters. The second-order valence-corrected chi connectivity index (χ2v) is 3.00. The summed E-state index contributed by atoms with van der Waals surface area (Å²) in [5.74, 6) is -2.42. The number of aromatic hydroxyl groups is 3. The van der Waals surface area contributed by atoms with E-state index in [0.29, 0.717) is 6.42 Å². The van der Waals surface area contributed by atoms with Crippen LogP contribution in [-0.2, 0) is 4.74 Å². The van der Waals surface area contributed by atoms with Crippen molar-refractivity contribution >= 4 is 5.97 Å². The Morgan fingerprint density at radius 1 is 1.31 bits per heavy atom. The van der Waals surface area contributed by atoms with Gasteiger partial charge in [0, 0.05) is 0 Å². The van der Waals surface area contributed by atoms with Crippen molar-refractivity contribution < 1.29 is 55.8 Å². The summed E-state index contributed by atoms with van der Waals surface area (Å²) in [6, 6.07) is 2.07. The minimum atomic E-state index is -0.651. The smallest absolute Gasteiger partial charge is 1.00 e. The summed E-state index contributed by atoms with van der Waals surface area (Å²) >= 11 is 0. The molecule has 0 heterocycles. The van der Waals surface area contributed by atoms with Gasteiger partial charge in [-0.3, -0.25) is 0 Å². The number of esters is 1. The number of carbonyl (C=O) groups excluding carboxylic acids is 1. The average Bonchev–Trinajstić information content (AvgIpc) is 2.21. The number of phenolic OH excluding ortho intramolecular Hbond substituents is 3. The molecule has 3 N–H and O–H groups in total. The Kier molecular flexibility index (Phi) is 6.25. The summed E-state index contributed by atoms with van der Waals surface area (Å²) in [6.45, 7) is 2.11. The first-order valence-electron chi connectivity index (χ1n) is 4.48. The summed E-state index contributed by atoms with van der Waals surface area (Å²) in [5, 5.41) is 27.3. The molecule has 0 radical (unpaired) electrons. The molecule has 1 aromatic carbocycles. The van der Waals surface area contributed by atoms with E-state index < -0.39 is 23.2 Å². The first kappa shape index (κ1) is 15.1. The van der Waals surface area contributed by atoms with Gasteiger partial charge in [-0.2, -0.15) is 0 Å². The van der Waals surface area contributed by atoms with Gasteiger partial charge in [0.05, 0.1) is 12.2 Å². The van der Waals surface area contributed by atoms with Crippen molar-refractivity contribution in [2.75, 3.05) is 6.61 Å². The van der Waals surface area contributed by atoms with Crippen LogP contribution in [0.5, 0.6) is 17.2 Å². The van der Waals surface area contributed by atoms with Crippen molar-refractivity contribution in [1.29, 1.82) is 0 Å². The van der Waals surface area contributed by atoms with Crippen LogP contribution in [0.1, 0.15) is 25.1 Å². The minimum Gasteiger partial charge on any atom is -1.00 e. The van der Waals surface area contributed by atoms with Crippen molar-refractivity contribution in [3.63, 3.8) is 0 Å². The topological polar surface area (TPSA) is 87.0 Å². The number of ether oxygens (including phenoxy) is 1. The molecule has 1 aromatic rings. The van der Waals surface area contributed by atoms with Crippen LogP contribution < -0.4 is 29.6 Å². The van der Waals surface area contributed by atoms with Gasteiger partial charge in [0.1, 0.15) is 0 Å². The fourth-order valence-electron chi connectivity index (χ4n) is 1.00. The Bertz CT molecular complexity index is 360. The second kappa shape index (κ2) is 6.62. The Morgan fingerprint density at radius 2 is 1.81 bits per heavy atom. The Hall–Kier alpha value is -0.910. The number of benzene rings is 1. The molecule has 16 heavy (non-hydrogen) atoms. The number of hydrogen-bond donors (Lipinski definition) is 3. The van der Waals surface area contributed by atoms with Crippen LogP contribution in [0.25, 0.3) is 0 Å². The molecule has 5 nitrogen and oxygen atoms in total. The van der Waals surface area contributed by atoms with E-state index in [-0.39, 0.29) is 43.2 Å². The molecular weight excluding hydrogens is 223 g/mol. The van der Waals surface area contributed by atoms with Gasteiger partial charge in [-0.1, -0.05) is 6.92 Å². The second-order valence-electron chi connectivity index (χ2n) is 3.00. The van der Waals surface area contributed by atoms with E-state index >= 15 is 0 Å². The van der Waals surface area contributed by atoms with E-state index in [9.17, 15) is 4.79 Å². The fraction of sp³-hybridized carbons (Fsp3) is 0.300. The van der Waals surface area contributed by atoms with Gasteiger partial charge in [0.2, 0.25) is 0 Å². The van der Waals surface area contributed by atoms with Crippen LogP contribution in [0.3, 0.4) is 0 Å². The first-order chi connectivity index (χ1) is 7.06. The Morgan fingerprint density at radius 3 is 2.25 bits per heavy atom. The Labute approximate surface area is 116 Å². The molecule has 6 heteroatoms. The summed E-state index contributed by atoms with van der Waals surface area (Å²) < 4.78 is 4.78. The zero-order valence-electron chi connectivity index (χ0n) is 10.2. The molecular formula is C10H13NaO5. The van der Waals surface area contributed by atoms with Gasteiger partial charge in [0.15, 0.2) is 17.2 Å². The summed E-state index contributed by atoms with van der Waals surface area (Å²) in [5.41, 5.74) is -0.00347. The van der Waals surface area contributed by atoms with Crippen LogP contribution in [-0.4, -0.2) is 27.9 Å². The maximum absolute atomic E-state index is 11.3. The largest absolute Gasteiger partial charge is 1.00 e. The van der Waals surface area contributed by atoms with E-state index in [1.807, 2.05) is 6.92 Å². The molecule has 0 aliphatic rings. The Balaban J connectivity index is 0. The molecule has 1 rings (SSSR count). The van der Waals surface area contributed by atoms with E-state index in [2.05, 4.69) is 0 Å². The molecule has 0 aliphatic heterocycles. The third kappa shape index (κ3) is 3.59. The maximum Gasteiger partial charge on any atom is 1.00 e. The molecule has 0 saturated carbocycles. The van der Waals surface area contributed by atoms with Crippen LogP contribution in [0.2, 0.25) is 0 Å². The molecule has 84 valence electrons. The van der Waals surface area contributed by atoms with E-state index in [4.69, 9.17) is 20.1 Å². The van der Waals surface area contributed by atoms with Crippen LogP contribution in [0.4, 0.5) is 0 Å². The quantitative estimate of drug-likeness (QED) is 0.337. The molecule has 0 atom stereocenters. The predicted octanol–water partition coefficient (Wildman–Crippen LogP) is -1.51. The van der Waals surface area contributed by atoms with Gasteiger partial charge in [-0.05, 0) is 18.6 Å². The van der Waals surface area contributed by atoms with E-state index in [0.717, 1.165) is 12.1 Å². The summed E-state index contributed by atoms with van der Waals surface area (Å²) in [7, 11) is 0. The summed E-state index contributed by atoms with van der Waals surface area (Å²) in [4.78, 5) is 11.3. The standard InChI is InChI=1S/C10H12O5.Na.H/c1-2-3-15-10(14)6-4-7(11)9(13)8(12)5-6;;/h4-5,11-13H,2-3H2,1H3;;/q;+1;-1. The van der Waals surface area contributed by atoms with Crippen molar-refractivity contribution in [3.8, 4) is 17.2 Å². The van der Waals surface area contributed by atoms with Gasteiger partial charge < -0.3 is 21.5 Å². The van der Waals surface area contributed by atoms with Gasteiger partial charge in [-0.15, -0.1) is 0 Å². The van der Waals surface area contributed by atoms with Crippen molar-refractivity contribution in [2.24, 2.45) is 0 Å². The summed E-state index contributed by atoms with van der Waals surface area (Å²) in [6.07, 6.45) is 0.682. The zero-order chi connectivity index (χ0) is 11.4.